The van der Waals surface area contributed by atoms with Gasteiger partial charge in [0, 0.05) is 57.3 Å². The summed E-state index contributed by atoms with van der Waals surface area (Å²) in [6.45, 7) is 0. The number of aromatic nitrogens is 6. The van der Waals surface area contributed by atoms with Crippen molar-refractivity contribution in [2.45, 2.75) is 5.12 Å². The molecule has 0 bridgehead atoms. The van der Waals surface area contributed by atoms with Gasteiger partial charge in [0.25, 0.3) is 0 Å². The average molecular weight is 748 g/mol. The molecule has 0 fully saturated rings. The third kappa shape index (κ3) is 5.89. The largest absolute Gasteiger partial charge is 0.743 e. The van der Waals surface area contributed by atoms with Crippen LogP contribution >= 0.6 is 7.92 Å². The Morgan fingerprint density at radius 3 is 1.07 bits per heavy atom. The van der Waals surface area contributed by atoms with Crippen LogP contribution in [0.5, 0.6) is 0 Å². The van der Waals surface area contributed by atoms with Gasteiger partial charge in [-0.1, -0.05) is 91.0 Å². The Kier molecular flexibility index (Phi) is 9.58. The molecule has 3 heterocycles. The first-order valence-electron chi connectivity index (χ1n) is 11.9. The topological polar surface area (TPSA) is 111 Å². The van der Waals surface area contributed by atoms with Crippen LogP contribution in [0.3, 0.4) is 0 Å². The van der Waals surface area contributed by atoms with E-state index in [-0.39, 0.29) is 20.1 Å². The van der Waals surface area contributed by atoms with Crippen molar-refractivity contribution < 1.29 is 33.1 Å². The minimum absolute atomic E-state index is 0. The smallest absolute Gasteiger partial charge is 0.343 e. The summed E-state index contributed by atoms with van der Waals surface area (Å²) in [6, 6.07) is 36.8. The van der Waals surface area contributed by atoms with Crippen molar-refractivity contribution in [3.63, 3.8) is 0 Å². The fourth-order valence-corrected chi connectivity index (χ4v) is 7.48. The standard InChI is InChI=1S/C18H15P.C10H10N6O3S.Ir/c1-4-10-16(11-5-1)19(17-12-6-2-7-13-17)18-14-8-3-9-15-18;17-20(18,19)10(14-7-1-4-11-14,15-8-2-5-12-15)16-9-3-6-13-16;/h1-15H;1-9H,(H,17,18,19);/p-1. The van der Waals surface area contributed by atoms with E-state index in [1.807, 2.05) is 0 Å². The maximum atomic E-state index is 12.0. The zero-order chi connectivity index (χ0) is 27.1. The molecule has 0 saturated heterocycles. The second kappa shape index (κ2) is 13.1. The maximum Gasteiger partial charge on any atom is 0.343 e. The number of rotatable bonds is 7. The van der Waals surface area contributed by atoms with Crippen LogP contribution < -0.4 is 15.9 Å². The molecule has 0 amide bonds. The van der Waals surface area contributed by atoms with Crippen molar-refractivity contribution >= 4 is 34.0 Å². The average Bonchev–Trinajstić information content (AvgIpc) is 3.76. The van der Waals surface area contributed by atoms with E-state index in [2.05, 4.69) is 106 Å². The number of hydrogen-bond acceptors (Lipinski definition) is 6. The molecule has 0 unspecified atom stereocenters. The summed E-state index contributed by atoms with van der Waals surface area (Å²) >= 11 is 0. The van der Waals surface area contributed by atoms with Gasteiger partial charge in [-0.3, -0.25) is 0 Å². The first kappa shape index (κ1) is 29.3. The normalized spacial score (nSPS) is 11.3. The van der Waals surface area contributed by atoms with Crippen molar-refractivity contribution in [2.24, 2.45) is 0 Å². The Morgan fingerprint density at radius 2 is 0.850 bits per heavy atom. The number of benzene rings is 3. The molecule has 3 aromatic heterocycles. The first-order chi connectivity index (χ1) is 19.0. The molecule has 0 aliphatic rings. The molecule has 0 aliphatic carbocycles. The Hall–Kier alpha value is -3.72. The van der Waals surface area contributed by atoms with Crippen LogP contribution in [0, 0.1) is 0 Å². The molecule has 0 aliphatic heterocycles. The molecule has 9 nitrogen and oxygen atoms in total. The summed E-state index contributed by atoms with van der Waals surface area (Å²) in [5.74, 6) is 0. The molecular weight excluding hydrogens is 724 g/mol. The van der Waals surface area contributed by atoms with Gasteiger partial charge in [0.1, 0.15) is 0 Å². The van der Waals surface area contributed by atoms with Crippen molar-refractivity contribution in [1.29, 1.82) is 0 Å². The summed E-state index contributed by atoms with van der Waals surface area (Å²) in [7, 11) is -5.39. The monoisotopic (exact) mass is 748 g/mol. The van der Waals surface area contributed by atoms with Crippen LogP contribution in [0.25, 0.3) is 0 Å². The molecule has 1 radical (unpaired) electrons. The van der Waals surface area contributed by atoms with Gasteiger partial charge < -0.3 is 4.55 Å². The van der Waals surface area contributed by atoms with Gasteiger partial charge in [-0.05, 0) is 42.0 Å². The first-order valence-corrected chi connectivity index (χ1v) is 14.7. The second-order valence-electron chi connectivity index (χ2n) is 8.22. The zero-order valence-electron chi connectivity index (χ0n) is 21.0. The Morgan fingerprint density at radius 1 is 0.550 bits per heavy atom. The van der Waals surface area contributed by atoms with Crippen molar-refractivity contribution in [1.82, 2.24) is 29.3 Å². The third-order valence-corrected chi connectivity index (χ3v) is 9.46. The van der Waals surface area contributed by atoms with Gasteiger partial charge in [0.15, 0.2) is 10.1 Å². The van der Waals surface area contributed by atoms with Crippen LogP contribution in [0.4, 0.5) is 0 Å². The van der Waals surface area contributed by atoms with Crippen LogP contribution in [0.15, 0.2) is 146 Å². The predicted molar refractivity (Wildman–Crippen MR) is 150 cm³/mol. The number of nitrogens with zero attached hydrogens (tertiary/aromatic N) is 6. The van der Waals surface area contributed by atoms with Gasteiger partial charge in [0.2, 0.25) is 0 Å². The van der Waals surface area contributed by atoms with E-state index in [4.69, 9.17) is 0 Å². The van der Waals surface area contributed by atoms with E-state index in [0.717, 1.165) is 14.0 Å². The minimum atomic E-state index is -4.94. The molecule has 0 saturated carbocycles. The van der Waals surface area contributed by atoms with Gasteiger partial charge in [-0.2, -0.15) is 15.3 Å². The van der Waals surface area contributed by atoms with Crippen LogP contribution in [0.1, 0.15) is 0 Å². The molecule has 0 N–H and O–H groups in total. The fourth-order valence-electron chi connectivity index (χ4n) is 4.16. The van der Waals surface area contributed by atoms with E-state index in [1.54, 1.807) is 0 Å². The Labute approximate surface area is 247 Å². The van der Waals surface area contributed by atoms with Crippen molar-refractivity contribution in [3.8, 4) is 0 Å². The molecule has 0 atom stereocenters. The van der Waals surface area contributed by atoms with Crippen LogP contribution in [-0.4, -0.2) is 42.3 Å². The molecule has 6 rings (SSSR count). The second-order valence-corrected chi connectivity index (χ2v) is 11.9. The summed E-state index contributed by atoms with van der Waals surface area (Å²) < 4.78 is 39.0. The van der Waals surface area contributed by atoms with Gasteiger partial charge in [0.05, 0.1) is 0 Å². The van der Waals surface area contributed by atoms with E-state index < -0.39 is 23.2 Å². The SMILES string of the molecule is O=S(=O)([O-])C(n1cccn1)(n1cccn1)n1cccn1.[Ir].c1ccc(P(c2ccccc2)c2ccccc2)cc1. The summed E-state index contributed by atoms with van der Waals surface area (Å²) in [4.78, 5) is 0. The Bertz CT molecular complexity index is 1490. The molecule has 12 heteroatoms. The summed E-state index contributed by atoms with van der Waals surface area (Å²) in [6.07, 6.45) is 8.18. The number of hydrogen-bond donors (Lipinski definition) is 0. The molecule has 40 heavy (non-hydrogen) atoms. The summed E-state index contributed by atoms with van der Waals surface area (Å²) in [5.41, 5.74) is 0. The molecule has 0 spiro atoms. The van der Waals surface area contributed by atoms with Gasteiger partial charge >= 0.3 is 5.12 Å². The van der Waals surface area contributed by atoms with E-state index in [0.29, 0.717) is 0 Å². The van der Waals surface area contributed by atoms with Crippen LogP contribution in [-0.2, 0) is 35.3 Å². The molecule has 3 aromatic carbocycles. The zero-order valence-corrected chi connectivity index (χ0v) is 25.1. The van der Waals surface area contributed by atoms with Crippen LogP contribution in [0.2, 0.25) is 0 Å². The predicted octanol–water partition coefficient (Wildman–Crippen LogP) is 2.93. The molecule has 6 aromatic rings. The quantitative estimate of drug-likeness (QED) is 0.184. The fraction of sp³-hybridized carbons (Fsp3) is 0.0357. The van der Waals surface area contributed by atoms with Gasteiger partial charge in [-0.25, -0.2) is 22.5 Å². The van der Waals surface area contributed by atoms with E-state index in [9.17, 15) is 13.0 Å². The summed E-state index contributed by atoms with van der Waals surface area (Å²) in [5, 5.41) is 13.6. The van der Waals surface area contributed by atoms with Crippen molar-refractivity contribution in [3.05, 3.63) is 146 Å². The Balaban J connectivity index is 0.000000181. The van der Waals surface area contributed by atoms with E-state index >= 15 is 0 Å². The van der Waals surface area contributed by atoms with Crippen molar-refractivity contribution in [2.75, 3.05) is 0 Å². The third-order valence-electron chi connectivity index (χ3n) is 5.79. The maximum absolute atomic E-state index is 12.0. The molecular formula is C28H24IrN6O3PS-. The van der Waals surface area contributed by atoms with Gasteiger partial charge in [-0.15, -0.1) is 0 Å². The van der Waals surface area contributed by atoms with E-state index in [1.165, 1.54) is 71.3 Å². The molecule has 205 valence electrons. The minimum Gasteiger partial charge on any atom is -0.743 e.